The van der Waals surface area contributed by atoms with Crippen LogP contribution in [0.15, 0.2) is 85.5 Å². The van der Waals surface area contributed by atoms with Gasteiger partial charge < -0.3 is 19.9 Å². The lowest BCUT2D eigenvalue weighted by molar-refractivity contribution is -0.149. The van der Waals surface area contributed by atoms with E-state index in [2.05, 4.69) is 15.6 Å². The van der Waals surface area contributed by atoms with Gasteiger partial charge in [0.15, 0.2) is 0 Å². The van der Waals surface area contributed by atoms with E-state index >= 15 is 0 Å². The van der Waals surface area contributed by atoms with Crippen LogP contribution in [0.4, 0.5) is 8.78 Å². The summed E-state index contributed by atoms with van der Waals surface area (Å²) in [5.41, 5.74) is 3.56. The number of hydrogen-bond donors (Lipinski definition) is 2. The highest BCUT2D eigenvalue weighted by Crippen LogP contribution is 2.31. The van der Waals surface area contributed by atoms with Gasteiger partial charge in [0.2, 0.25) is 0 Å². The van der Waals surface area contributed by atoms with E-state index in [1.807, 2.05) is 42.1 Å². The number of carbonyl (C=O) groups excluding carboxylic acids is 2. The van der Waals surface area contributed by atoms with Gasteiger partial charge in [-0.25, -0.2) is 18.6 Å². The number of rotatable bonds is 15. The number of hydrogen-bond acceptors (Lipinski definition) is 6. The zero-order chi connectivity index (χ0) is 32.3. The molecular formula is C35H40F2N4O3S. The number of carbonyl (C=O) groups is 2. The zero-order valence-corrected chi connectivity index (χ0v) is 26.8. The van der Waals surface area contributed by atoms with Crippen molar-refractivity contribution in [3.8, 4) is 0 Å². The molecule has 0 fully saturated rings. The van der Waals surface area contributed by atoms with Crippen molar-refractivity contribution < 1.29 is 23.1 Å². The van der Waals surface area contributed by atoms with Gasteiger partial charge in [0, 0.05) is 37.0 Å². The smallest absolute Gasteiger partial charge is 0.328 e. The molecule has 0 spiro atoms. The third-order valence-corrected chi connectivity index (χ3v) is 8.17. The molecule has 10 heteroatoms. The summed E-state index contributed by atoms with van der Waals surface area (Å²) in [5, 5.41) is 6.49. The van der Waals surface area contributed by atoms with Gasteiger partial charge in [-0.3, -0.25) is 4.79 Å². The molecule has 238 valence electrons. The fourth-order valence-corrected chi connectivity index (χ4v) is 5.61. The van der Waals surface area contributed by atoms with Crippen molar-refractivity contribution in [2.75, 3.05) is 18.6 Å². The molecule has 0 aliphatic carbocycles. The Bertz CT molecular complexity index is 1530. The Labute approximate surface area is 267 Å². The fourth-order valence-electron chi connectivity index (χ4n) is 5.13. The number of esters is 1. The lowest BCUT2D eigenvalue weighted by Crippen LogP contribution is -2.43. The van der Waals surface area contributed by atoms with Gasteiger partial charge in [-0.05, 0) is 84.9 Å². The fraction of sp³-hybridized carbons (Fsp3) is 0.343. The van der Waals surface area contributed by atoms with E-state index < -0.39 is 17.9 Å². The van der Waals surface area contributed by atoms with Crippen LogP contribution in [0.5, 0.6) is 0 Å². The Balaban J connectivity index is 1.74. The standard InChI is InChI=1S/C35H40F2N4O3S/c1-23(2)44-35(43)32(15-20-45-4)40-34(42)31-21-27(9-14-30(31)24(3)25-5-10-28(36)11-6-25)33(26-7-12-29(37)13-8-26)39-17-19-41-18-16-38-22-41/h5-14,16,18,21-24,32-33,39H,15,17,19-20H2,1-4H3,(H,40,42). The van der Waals surface area contributed by atoms with E-state index in [-0.39, 0.29) is 29.7 Å². The molecule has 4 aromatic rings. The zero-order valence-electron chi connectivity index (χ0n) is 26.0. The van der Waals surface area contributed by atoms with Crippen molar-refractivity contribution in [1.29, 1.82) is 0 Å². The van der Waals surface area contributed by atoms with Crippen LogP contribution in [0.2, 0.25) is 0 Å². The van der Waals surface area contributed by atoms with Gasteiger partial charge >= 0.3 is 5.97 Å². The quantitative estimate of drug-likeness (QED) is 0.145. The topological polar surface area (TPSA) is 85.3 Å². The van der Waals surface area contributed by atoms with Crippen molar-refractivity contribution in [2.24, 2.45) is 0 Å². The second kappa shape index (κ2) is 16.3. The maximum Gasteiger partial charge on any atom is 0.328 e. The normalized spacial score (nSPS) is 13.3. The van der Waals surface area contributed by atoms with Crippen LogP contribution in [0.3, 0.4) is 0 Å². The molecule has 0 aliphatic rings. The van der Waals surface area contributed by atoms with Crippen LogP contribution in [-0.4, -0.2) is 52.1 Å². The molecule has 4 rings (SSSR count). The Morgan fingerprint density at radius 2 is 1.58 bits per heavy atom. The number of amides is 1. The molecule has 0 radical (unpaired) electrons. The van der Waals surface area contributed by atoms with E-state index in [0.29, 0.717) is 30.8 Å². The summed E-state index contributed by atoms with van der Waals surface area (Å²) in [7, 11) is 0. The van der Waals surface area contributed by atoms with Crippen molar-refractivity contribution in [2.45, 2.75) is 57.8 Å². The highest BCUT2D eigenvalue weighted by molar-refractivity contribution is 7.98. The summed E-state index contributed by atoms with van der Waals surface area (Å²) in [6.45, 7) is 6.72. The molecule has 45 heavy (non-hydrogen) atoms. The molecule has 0 bridgehead atoms. The monoisotopic (exact) mass is 634 g/mol. The van der Waals surface area contributed by atoms with Crippen LogP contribution < -0.4 is 10.6 Å². The minimum atomic E-state index is -0.828. The summed E-state index contributed by atoms with van der Waals surface area (Å²) >= 11 is 1.58. The van der Waals surface area contributed by atoms with E-state index in [9.17, 15) is 18.4 Å². The van der Waals surface area contributed by atoms with Crippen LogP contribution in [0, 0.1) is 11.6 Å². The predicted octanol–water partition coefficient (Wildman–Crippen LogP) is 6.50. The lowest BCUT2D eigenvalue weighted by Gasteiger charge is -2.24. The summed E-state index contributed by atoms with van der Waals surface area (Å²) in [6.07, 6.45) is 7.35. The molecule has 0 saturated carbocycles. The minimum absolute atomic E-state index is 0.258. The number of nitrogens with zero attached hydrogens (tertiary/aromatic N) is 2. The first-order valence-corrected chi connectivity index (χ1v) is 16.4. The van der Waals surface area contributed by atoms with Gasteiger partial charge in [-0.2, -0.15) is 11.8 Å². The van der Waals surface area contributed by atoms with E-state index in [1.54, 1.807) is 62.4 Å². The molecule has 1 heterocycles. The van der Waals surface area contributed by atoms with Crippen LogP contribution >= 0.6 is 11.8 Å². The maximum absolute atomic E-state index is 14.1. The molecule has 0 saturated heterocycles. The number of aromatic nitrogens is 2. The predicted molar refractivity (Wildman–Crippen MR) is 174 cm³/mol. The SMILES string of the molecule is CSCCC(NC(=O)c1cc(C(NCCn2ccnc2)c2ccc(F)cc2)ccc1C(C)c1ccc(F)cc1)C(=O)OC(C)C. The number of imidazole rings is 1. The van der Waals surface area contributed by atoms with Gasteiger partial charge in [0.25, 0.3) is 5.91 Å². The summed E-state index contributed by atoms with van der Waals surface area (Å²) < 4.78 is 35.1. The Kier molecular flexibility index (Phi) is 12.3. The first-order chi connectivity index (χ1) is 21.7. The highest BCUT2D eigenvalue weighted by atomic mass is 32.2. The van der Waals surface area contributed by atoms with Crippen molar-refractivity contribution in [3.05, 3.63) is 125 Å². The van der Waals surface area contributed by atoms with Gasteiger partial charge in [0.1, 0.15) is 17.7 Å². The number of thioether (sulfide) groups is 1. The molecule has 3 atom stereocenters. The second-order valence-corrected chi connectivity index (χ2v) is 12.1. The van der Waals surface area contributed by atoms with E-state index in [1.165, 1.54) is 24.3 Å². The molecule has 7 nitrogen and oxygen atoms in total. The Morgan fingerprint density at radius 3 is 2.18 bits per heavy atom. The largest absolute Gasteiger partial charge is 0.461 e. The minimum Gasteiger partial charge on any atom is -0.461 e. The summed E-state index contributed by atoms with van der Waals surface area (Å²) in [6, 6.07) is 16.9. The first-order valence-electron chi connectivity index (χ1n) is 15.0. The first kappa shape index (κ1) is 33.9. The van der Waals surface area contributed by atoms with Gasteiger partial charge in [0.05, 0.1) is 18.5 Å². The van der Waals surface area contributed by atoms with Crippen molar-refractivity contribution in [1.82, 2.24) is 20.2 Å². The van der Waals surface area contributed by atoms with E-state index in [4.69, 9.17) is 4.74 Å². The number of halogens is 2. The van der Waals surface area contributed by atoms with Crippen LogP contribution in [0.1, 0.15) is 71.8 Å². The highest BCUT2D eigenvalue weighted by Gasteiger charge is 2.27. The second-order valence-electron chi connectivity index (χ2n) is 11.2. The van der Waals surface area contributed by atoms with Crippen molar-refractivity contribution in [3.63, 3.8) is 0 Å². The third kappa shape index (κ3) is 9.48. The van der Waals surface area contributed by atoms with Crippen LogP contribution in [-0.2, 0) is 16.1 Å². The molecule has 2 N–H and O–H groups in total. The summed E-state index contributed by atoms with van der Waals surface area (Å²) in [5.74, 6) is -1.19. The average molecular weight is 635 g/mol. The number of nitrogens with one attached hydrogen (secondary N) is 2. The Morgan fingerprint density at radius 1 is 0.933 bits per heavy atom. The number of benzene rings is 3. The number of ether oxygens (including phenoxy) is 1. The third-order valence-electron chi connectivity index (χ3n) is 7.53. The molecule has 0 aliphatic heterocycles. The average Bonchev–Trinajstić information content (AvgIpc) is 3.55. The molecular weight excluding hydrogens is 594 g/mol. The molecule has 3 unspecified atom stereocenters. The summed E-state index contributed by atoms with van der Waals surface area (Å²) in [4.78, 5) is 31.1. The van der Waals surface area contributed by atoms with Gasteiger partial charge in [-0.1, -0.05) is 43.3 Å². The molecule has 3 aromatic carbocycles. The molecule has 1 aromatic heterocycles. The van der Waals surface area contributed by atoms with Crippen LogP contribution in [0.25, 0.3) is 0 Å². The van der Waals surface area contributed by atoms with E-state index in [0.717, 1.165) is 22.3 Å². The Hall–Kier alpha value is -4.02. The lowest BCUT2D eigenvalue weighted by atomic mass is 9.86. The maximum atomic E-state index is 14.1. The molecule has 1 amide bonds. The van der Waals surface area contributed by atoms with Gasteiger partial charge in [-0.15, -0.1) is 0 Å². The van der Waals surface area contributed by atoms with Crippen molar-refractivity contribution >= 4 is 23.6 Å².